The molecule has 6 nitrogen and oxygen atoms in total. The largest absolute Gasteiger partial charge is 0.454 e. The van der Waals surface area contributed by atoms with E-state index in [1.165, 1.54) is 0 Å². The maximum absolute atomic E-state index is 13.1. The van der Waals surface area contributed by atoms with Gasteiger partial charge in [0.1, 0.15) is 0 Å². The lowest BCUT2D eigenvalue weighted by molar-refractivity contribution is 0.174. The SMILES string of the molecule is Cc1ccc(S(=O)(=O)[C@H]2[C@H](c3ccc4c(c3)OCO4)[C@@]2(N)CO)cc1. The number of nitrogens with two attached hydrogens (primary N) is 1. The molecule has 2 aromatic carbocycles. The molecule has 1 fully saturated rings. The summed E-state index contributed by atoms with van der Waals surface area (Å²) in [7, 11) is -3.67. The molecular weight excluding hydrogens is 342 g/mol. The van der Waals surface area contributed by atoms with Crippen molar-refractivity contribution in [1.29, 1.82) is 0 Å². The number of hydrogen-bond acceptors (Lipinski definition) is 6. The summed E-state index contributed by atoms with van der Waals surface area (Å²) in [6.45, 7) is 1.62. The standard InChI is InChI=1S/C18H19NO5S/c1-11-2-5-13(6-3-11)25(21,22)17-16(18(17,19)9-20)12-4-7-14-15(8-12)24-10-23-14/h2-8,16-17,20H,9-10,19H2,1H3/t16-,17-,18-/m0/s1. The Morgan fingerprint density at radius 2 is 1.84 bits per heavy atom. The summed E-state index contributed by atoms with van der Waals surface area (Å²) >= 11 is 0. The number of aliphatic hydroxyl groups is 1. The lowest BCUT2D eigenvalue weighted by Gasteiger charge is -2.08. The molecule has 2 aliphatic rings. The first-order chi connectivity index (χ1) is 11.9. The predicted molar refractivity (Wildman–Crippen MR) is 91.5 cm³/mol. The molecule has 4 rings (SSSR count). The number of sulfone groups is 1. The monoisotopic (exact) mass is 361 g/mol. The van der Waals surface area contributed by atoms with E-state index >= 15 is 0 Å². The Labute approximate surface area is 146 Å². The highest BCUT2D eigenvalue weighted by atomic mass is 32.2. The first-order valence-electron chi connectivity index (χ1n) is 7.98. The van der Waals surface area contributed by atoms with E-state index in [0.29, 0.717) is 11.5 Å². The third-order valence-electron chi connectivity index (χ3n) is 5.02. The molecule has 0 unspecified atom stereocenters. The Balaban J connectivity index is 1.73. The maximum atomic E-state index is 13.1. The second-order valence-electron chi connectivity index (χ2n) is 6.64. The first kappa shape index (κ1) is 16.4. The van der Waals surface area contributed by atoms with E-state index in [1.807, 2.05) is 6.92 Å². The number of aryl methyl sites for hydroxylation is 1. The van der Waals surface area contributed by atoms with Crippen molar-refractivity contribution in [2.24, 2.45) is 5.73 Å². The second kappa shape index (κ2) is 5.45. The molecule has 1 heterocycles. The van der Waals surface area contributed by atoms with Gasteiger partial charge in [-0.05, 0) is 36.8 Å². The number of rotatable bonds is 4. The van der Waals surface area contributed by atoms with Crippen LogP contribution in [-0.2, 0) is 9.84 Å². The van der Waals surface area contributed by atoms with E-state index in [2.05, 4.69) is 0 Å². The van der Waals surface area contributed by atoms with Gasteiger partial charge < -0.3 is 20.3 Å². The highest BCUT2D eigenvalue weighted by Gasteiger charge is 2.69. The van der Waals surface area contributed by atoms with Crippen LogP contribution in [-0.4, -0.2) is 37.7 Å². The molecule has 2 aromatic rings. The summed E-state index contributed by atoms with van der Waals surface area (Å²) in [4.78, 5) is 0.217. The molecular formula is C18H19NO5S. The van der Waals surface area contributed by atoms with Gasteiger partial charge in [0.05, 0.1) is 22.3 Å². The number of ether oxygens (including phenoxy) is 2. The molecule has 0 amide bonds. The van der Waals surface area contributed by atoms with Gasteiger partial charge in [-0.3, -0.25) is 0 Å². The molecule has 0 radical (unpaired) electrons. The minimum atomic E-state index is -3.67. The van der Waals surface area contributed by atoms with Crippen LogP contribution >= 0.6 is 0 Å². The molecule has 0 spiro atoms. The van der Waals surface area contributed by atoms with Crippen LogP contribution in [0.15, 0.2) is 47.4 Å². The smallest absolute Gasteiger partial charge is 0.231 e. The van der Waals surface area contributed by atoms with Crippen molar-refractivity contribution < 1.29 is 23.0 Å². The van der Waals surface area contributed by atoms with Crippen molar-refractivity contribution in [1.82, 2.24) is 0 Å². The molecule has 132 valence electrons. The van der Waals surface area contributed by atoms with Gasteiger partial charge in [0.2, 0.25) is 6.79 Å². The van der Waals surface area contributed by atoms with Gasteiger partial charge in [0, 0.05) is 5.92 Å². The summed E-state index contributed by atoms with van der Waals surface area (Å²) in [6, 6.07) is 11.9. The molecule has 1 aliphatic carbocycles. The van der Waals surface area contributed by atoms with Crippen LogP contribution in [0.3, 0.4) is 0 Å². The average molecular weight is 361 g/mol. The van der Waals surface area contributed by atoms with Gasteiger partial charge in [-0.15, -0.1) is 0 Å². The van der Waals surface area contributed by atoms with Crippen molar-refractivity contribution in [2.45, 2.75) is 28.5 Å². The van der Waals surface area contributed by atoms with Crippen LogP contribution in [0, 0.1) is 6.92 Å². The van der Waals surface area contributed by atoms with Gasteiger partial charge in [0.25, 0.3) is 0 Å². The van der Waals surface area contributed by atoms with Gasteiger partial charge >= 0.3 is 0 Å². The van der Waals surface area contributed by atoms with Crippen LogP contribution in [0.1, 0.15) is 17.0 Å². The minimum Gasteiger partial charge on any atom is -0.454 e. The minimum absolute atomic E-state index is 0.141. The van der Waals surface area contributed by atoms with Crippen molar-refractivity contribution in [2.75, 3.05) is 13.4 Å². The van der Waals surface area contributed by atoms with Crippen LogP contribution in [0.4, 0.5) is 0 Å². The van der Waals surface area contributed by atoms with E-state index in [0.717, 1.165) is 11.1 Å². The molecule has 0 saturated heterocycles. The lowest BCUT2D eigenvalue weighted by atomic mass is 10.1. The summed E-state index contributed by atoms with van der Waals surface area (Å²) in [5, 5.41) is 8.89. The fourth-order valence-electron chi connectivity index (χ4n) is 3.55. The van der Waals surface area contributed by atoms with Gasteiger partial charge in [-0.2, -0.15) is 0 Å². The molecule has 7 heteroatoms. The third-order valence-corrected chi connectivity index (χ3v) is 7.32. The number of aliphatic hydroxyl groups excluding tert-OH is 1. The number of hydrogen-bond donors (Lipinski definition) is 2. The Kier molecular flexibility index (Phi) is 3.57. The Morgan fingerprint density at radius 1 is 1.16 bits per heavy atom. The molecule has 1 saturated carbocycles. The van der Waals surface area contributed by atoms with E-state index in [1.54, 1.807) is 42.5 Å². The van der Waals surface area contributed by atoms with E-state index in [-0.39, 0.29) is 11.7 Å². The van der Waals surface area contributed by atoms with Crippen molar-refractivity contribution in [3.63, 3.8) is 0 Å². The Hall–Kier alpha value is -2.09. The zero-order chi connectivity index (χ0) is 17.8. The zero-order valence-corrected chi connectivity index (χ0v) is 14.5. The van der Waals surface area contributed by atoms with Gasteiger partial charge in [0.15, 0.2) is 21.3 Å². The fourth-order valence-corrected chi connectivity index (χ4v) is 5.84. The molecule has 25 heavy (non-hydrogen) atoms. The van der Waals surface area contributed by atoms with Gasteiger partial charge in [-0.1, -0.05) is 23.8 Å². The predicted octanol–water partition coefficient (Wildman–Crippen LogP) is 1.35. The normalized spacial score (nSPS) is 27.3. The summed E-state index contributed by atoms with van der Waals surface area (Å²) < 4.78 is 36.7. The lowest BCUT2D eigenvalue weighted by Crippen LogP contribution is -2.35. The van der Waals surface area contributed by atoms with E-state index < -0.39 is 33.2 Å². The highest BCUT2D eigenvalue weighted by Crippen LogP contribution is 2.56. The van der Waals surface area contributed by atoms with Crippen LogP contribution < -0.4 is 15.2 Å². The highest BCUT2D eigenvalue weighted by molar-refractivity contribution is 7.92. The van der Waals surface area contributed by atoms with E-state index in [9.17, 15) is 13.5 Å². The summed E-state index contributed by atoms with van der Waals surface area (Å²) in [5.74, 6) is 0.684. The van der Waals surface area contributed by atoms with Crippen molar-refractivity contribution >= 4 is 9.84 Å². The summed E-state index contributed by atoms with van der Waals surface area (Å²) in [6.07, 6.45) is 0. The fraction of sp³-hybridized carbons (Fsp3) is 0.333. The quantitative estimate of drug-likeness (QED) is 0.853. The number of fused-ring (bicyclic) bond motifs is 1. The van der Waals surface area contributed by atoms with Crippen LogP contribution in [0.2, 0.25) is 0 Å². The summed E-state index contributed by atoms with van der Waals surface area (Å²) in [5.41, 5.74) is 6.75. The van der Waals surface area contributed by atoms with Crippen molar-refractivity contribution in [3.05, 3.63) is 53.6 Å². The first-order valence-corrected chi connectivity index (χ1v) is 9.52. The Morgan fingerprint density at radius 3 is 2.52 bits per heavy atom. The number of benzene rings is 2. The molecule has 1 aliphatic heterocycles. The average Bonchev–Trinajstić information content (AvgIpc) is 2.99. The second-order valence-corrected chi connectivity index (χ2v) is 8.71. The molecule has 3 N–H and O–H groups in total. The zero-order valence-electron chi connectivity index (χ0n) is 13.7. The van der Waals surface area contributed by atoms with Crippen LogP contribution in [0.25, 0.3) is 0 Å². The van der Waals surface area contributed by atoms with Gasteiger partial charge in [-0.25, -0.2) is 8.42 Å². The molecule has 3 atom stereocenters. The molecule has 0 aromatic heterocycles. The Bertz CT molecular complexity index is 925. The maximum Gasteiger partial charge on any atom is 0.231 e. The topological polar surface area (TPSA) is 98.9 Å². The van der Waals surface area contributed by atoms with Crippen molar-refractivity contribution in [3.8, 4) is 11.5 Å². The third kappa shape index (κ3) is 2.42. The molecule has 0 bridgehead atoms. The van der Waals surface area contributed by atoms with Crippen LogP contribution in [0.5, 0.6) is 11.5 Å². The van der Waals surface area contributed by atoms with E-state index in [4.69, 9.17) is 15.2 Å².